The Morgan fingerprint density at radius 2 is 1.85 bits per heavy atom. The van der Waals surface area contributed by atoms with Crippen LogP contribution in [0, 0.1) is 0 Å². The number of anilines is 1. The average Bonchev–Trinajstić information content (AvgIpc) is 2.72. The van der Waals surface area contributed by atoms with E-state index >= 15 is 0 Å². The lowest BCUT2D eigenvalue weighted by molar-refractivity contribution is 0.0912. The third-order valence-corrected chi connectivity index (χ3v) is 4.18. The smallest absolute Gasteiger partial charge is 0.260 e. The number of para-hydroxylation sites is 1. The van der Waals surface area contributed by atoms with Crippen LogP contribution in [0.3, 0.4) is 0 Å². The number of rotatable bonds is 0. The van der Waals surface area contributed by atoms with E-state index in [1.807, 2.05) is 18.2 Å². The molecule has 2 aromatic rings. The molecule has 0 aromatic heterocycles. The van der Waals surface area contributed by atoms with Gasteiger partial charge in [0.1, 0.15) is 6.17 Å². The van der Waals surface area contributed by atoms with E-state index in [2.05, 4.69) is 21.2 Å². The van der Waals surface area contributed by atoms with Gasteiger partial charge in [-0.3, -0.25) is 14.5 Å². The first-order valence-corrected chi connectivity index (χ1v) is 6.99. The number of hydrogen-bond acceptors (Lipinski definition) is 2. The number of benzene rings is 2. The summed E-state index contributed by atoms with van der Waals surface area (Å²) >= 11 is 3.41. The average molecular weight is 329 g/mol. The third kappa shape index (κ3) is 1.41. The van der Waals surface area contributed by atoms with Gasteiger partial charge in [-0.25, -0.2) is 0 Å². The predicted molar refractivity (Wildman–Crippen MR) is 77.6 cm³/mol. The number of hydrogen-bond donors (Lipinski definition) is 1. The molecule has 1 N–H and O–H groups in total. The Morgan fingerprint density at radius 3 is 2.70 bits per heavy atom. The summed E-state index contributed by atoms with van der Waals surface area (Å²) in [6.07, 6.45) is -0.419. The number of halogens is 1. The minimum absolute atomic E-state index is 0.0787. The monoisotopic (exact) mass is 328 g/mol. The molecule has 4 rings (SSSR count). The van der Waals surface area contributed by atoms with Crippen LogP contribution >= 0.6 is 15.9 Å². The van der Waals surface area contributed by atoms with Crippen LogP contribution in [-0.4, -0.2) is 11.8 Å². The zero-order valence-electron chi connectivity index (χ0n) is 10.3. The number of nitrogens with zero attached hydrogens (tertiary/aromatic N) is 1. The fourth-order valence-electron chi connectivity index (χ4n) is 2.81. The first kappa shape index (κ1) is 11.7. The molecule has 0 fully saturated rings. The van der Waals surface area contributed by atoms with Gasteiger partial charge in [0, 0.05) is 15.6 Å². The van der Waals surface area contributed by atoms with E-state index in [1.165, 1.54) is 0 Å². The molecular formula is C15H9BrN2O2. The summed E-state index contributed by atoms with van der Waals surface area (Å²) in [7, 11) is 0. The quantitative estimate of drug-likeness (QED) is 0.808. The molecule has 2 aliphatic rings. The molecule has 20 heavy (non-hydrogen) atoms. The minimum Gasteiger partial charge on any atom is -0.327 e. The van der Waals surface area contributed by atoms with Gasteiger partial charge in [0.2, 0.25) is 0 Å². The SMILES string of the molecule is O=C1N[C@H]2c3cc(Br)ccc3C(=O)N2c2ccccc21. The summed E-state index contributed by atoms with van der Waals surface area (Å²) in [5, 5.41) is 2.89. The van der Waals surface area contributed by atoms with Crippen LogP contribution < -0.4 is 10.2 Å². The zero-order valence-corrected chi connectivity index (χ0v) is 11.8. The first-order valence-electron chi connectivity index (χ1n) is 6.20. The lowest BCUT2D eigenvalue weighted by Gasteiger charge is -2.32. The Balaban J connectivity index is 1.96. The van der Waals surface area contributed by atoms with Gasteiger partial charge in [-0.05, 0) is 30.3 Å². The molecule has 1 atom stereocenters. The van der Waals surface area contributed by atoms with E-state index in [0.29, 0.717) is 16.8 Å². The largest absolute Gasteiger partial charge is 0.327 e. The van der Waals surface area contributed by atoms with E-state index in [4.69, 9.17) is 0 Å². The van der Waals surface area contributed by atoms with Crippen molar-refractivity contribution >= 4 is 33.4 Å². The molecule has 0 aliphatic carbocycles. The maximum Gasteiger partial charge on any atom is 0.260 e. The van der Waals surface area contributed by atoms with Gasteiger partial charge < -0.3 is 5.32 Å². The van der Waals surface area contributed by atoms with E-state index in [0.717, 1.165) is 10.0 Å². The van der Waals surface area contributed by atoms with Crippen molar-refractivity contribution in [1.82, 2.24) is 5.32 Å². The molecule has 2 heterocycles. The Morgan fingerprint density at radius 1 is 1.05 bits per heavy atom. The first-order chi connectivity index (χ1) is 9.66. The predicted octanol–water partition coefficient (Wildman–Crippen LogP) is 2.85. The summed E-state index contributed by atoms with van der Waals surface area (Å²) in [6, 6.07) is 12.7. The lowest BCUT2D eigenvalue weighted by Crippen LogP contribution is -2.45. The van der Waals surface area contributed by atoms with Crippen molar-refractivity contribution in [1.29, 1.82) is 0 Å². The Hall–Kier alpha value is -2.14. The second-order valence-electron chi connectivity index (χ2n) is 4.80. The van der Waals surface area contributed by atoms with Crippen LogP contribution in [0.25, 0.3) is 0 Å². The number of amides is 2. The molecule has 0 saturated carbocycles. The van der Waals surface area contributed by atoms with Crippen molar-refractivity contribution in [2.75, 3.05) is 4.90 Å². The van der Waals surface area contributed by atoms with Crippen molar-refractivity contribution in [3.63, 3.8) is 0 Å². The molecule has 0 saturated heterocycles. The molecular weight excluding hydrogens is 320 g/mol. The molecule has 0 radical (unpaired) electrons. The topological polar surface area (TPSA) is 49.4 Å². The Labute approximate surface area is 123 Å². The number of nitrogens with one attached hydrogen (secondary N) is 1. The molecule has 2 amide bonds. The summed E-state index contributed by atoms with van der Waals surface area (Å²) in [6.45, 7) is 0. The van der Waals surface area contributed by atoms with Gasteiger partial charge in [0.25, 0.3) is 11.8 Å². The van der Waals surface area contributed by atoms with E-state index in [1.54, 1.807) is 29.2 Å². The van der Waals surface area contributed by atoms with Gasteiger partial charge in [0.05, 0.1) is 11.3 Å². The van der Waals surface area contributed by atoms with E-state index in [9.17, 15) is 9.59 Å². The molecule has 2 aromatic carbocycles. The highest BCUT2D eigenvalue weighted by atomic mass is 79.9. The normalized spacial score (nSPS) is 19.2. The lowest BCUT2D eigenvalue weighted by atomic mass is 10.1. The van der Waals surface area contributed by atoms with Crippen LogP contribution in [0.2, 0.25) is 0 Å². The summed E-state index contributed by atoms with van der Waals surface area (Å²) in [5.41, 5.74) is 2.66. The van der Waals surface area contributed by atoms with Gasteiger partial charge in [0.15, 0.2) is 0 Å². The molecule has 98 valence electrons. The zero-order chi connectivity index (χ0) is 13.9. The molecule has 0 bridgehead atoms. The standard InChI is InChI=1S/C15H9BrN2O2/c16-8-5-6-9-11(7-8)13-17-14(19)10-3-1-2-4-12(10)18(13)15(9)20/h1-7,13H,(H,17,19)/t13-/m1/s1. The van der Waals surface area contributed by atoms with Crippen LogP contribution in [0.15, 0.2) is 46.9 Å². The van der Waals surface area contributed by atoms with Crippen LogP contribution in [0.4, 0.5) is 5.69 Å². The van der Waals surface area contributed by atoms with Gasteiger partial charge in [-0.2, -0.15) is 0 Å². The van der Waals surface area contributed by atoms with Crippen molar-refractivity contribution in [3.8, 4) is 0 Å². The maximum absolute atomic E-state index is 12.6. The van der Waals surface area contributed by atoms with Crippen LogP contribution in [-0.2, 0) is 0 Å². The highest BCUT2D eigenvalue weighted by Crippen LogP contribution is 2.41. The molecule has 4 nitrogen and oxygen atoms in total. The molecule has 0 spiro atoms. The molecule has 2 aliphatic heterocycles. The van der Waals surface area contributed by atoms with Crippen molar-refractivity contribution < 1.29 is 9.59 Å². The number of carbonyl (C=O) groups is 2. The Bertz CT molecular complexity index is 772. The molecule has 5 heteroatoms. The van der Waals surface area contributed by atoms with Crippen molar-refractivity contribution in [2.45, 2.75) is 6.17 Å². The van der Waals surface area contributed by atoms with Crippen molar-refractivity contribution in [2.24, 2.45) is 0 Å². The maximum atomic E-state index is 12.6. The minimum atomic E-state index is -0.419. The second kappa shape index (κ2) is 3.93. The van der Waals surface area contributed by atoms with Crippen molar-refractivity contribution in [3.05, 3.63) is 63.6 Å². The summed E-state index contributed by atoms with van der Waals surface area (Å²) in [4.78, 5) is 26.4. The van der Waals surface area contributed by atoms with Gasteiger partial charge >= 0.3 is 0 Å². The second-order valence-corrected chi connectivity index (χ2v) is 5.72. The number of carbonyl (C=O) groups excluding carboxylic acids is 2. The summed E-state index contributed by atoms with van der Waals surface area (Å²) in [5.74, 6) is -0.229. The Kier molecular flexibility index (Phi) is 2.29. The van der Waals surface area contributed by atoms with Gasteiger partial charge in [-0.15, -0.1) is 0 Å². The highest BCUT2D eigenvalue weighted by Gasteiger charge is 2.43. The third-order valence-electron chi connectivity index (χ3n) is 3.69. The fraction of sp³-hybridized carbons (Fsp3) is 0.0667. The summed E-state index contributed by atoms with van der Waals surface area (Å²) < 4.78 is 0.888. The van der Waals surface area contributed by atoms with E-state index < -0.39 is 6.17 Å². The fourth-order valence-corrected chi connectivity index (χ4v) is 3.19. The highest BCUT2D eigenvalue weighted by molar-refractivity contribution is 9.10. The molecule has 0 unspecified atom stereocenters. The van der Waals surface area contributed by atoms with E-state index in [-0.39, 0.29) is 11.8 Å². The van der Waals surface area contributed by atoms with Crippen LogP contribution in [0.1, 0.15) is 32.4 Å². The van der Waals surface area contributed by atoms with Crippen LogP contribution in [0.5, 0.6) is 0 Å². The van der Waals surface area contributed by atoms with Gasteiger partial charge in [-0.1, -0.05) is 28.1 Å². The number of fused-ring (bicyclic) bond motifs is 5.